The number of hydrogen-bond acceptors (Lipinski definition) is 8. The summed E-state index contributed by atoms with van der Waals surface area (Å²) in [5.74, 6) is 1.50. The Kier molecular flexibility index (Phi) is 4.43. The van der Waals surface area contributed by atoms with Crippen LogP contribution >= 0.6 is 0 Å². The minimum Gasteiger partial charge on any atom is -0.354 e. The zero-order chi connectivity index (χ0) is 21.5. The number of fused-ring (bicyclic) bond motifs is 2. The van der Waals surface area contributed by atoms with E-state index in [2.05, 4.69) is 52.2 Å². The summed E-state index contributed by atoms with van der Waals surface area (Å²) in [7, 11) is 2.15. The first-order valence-electron chi connectivity index (χ1n) is 10.5. The first-order chi connectivity index (χ1) is 15.7. The molecule has 1 fully saturated rings. The maximum absolute atomic E-state index is 4.67. The molecule has 5 aromatic heterocycles. The van der Waals surface area contributed by atoms with E-state index < -0.39 is 0 Å². The molecule has 5 aromatic rings. The van der Waals surface area contributed by atoms with Crippen LogP contribution in [0.5, 0.6) is 0 Å². The molecule has 10 nitrogen and oxygen atoms in total. The summed E-state index contributed by atoms with van der Waals surface area (Å²) in [5.41, 5.74) is 4.53. The number of hydrogen-bond donors (Lipinski definition) is 2. The monoisotopic (exact) mass is 426 g/mol. The van der Waals surface area contributed by atoms with E-state index in [1.54, 1.807) is 10.8 Å². The number of pyridine rings is 2. The van der Waals surface area contributed by atoms with E-state index in [4.69, 9.17) is 0 Å². The molecule has 10 heteroatoms. The van der Waals surface area contributed by atoms with Crippen molar-refractivity contribution in [2.75, 3.05) is 43.4 Å². The summed E-state index contributed by atoms with van der Waals surface area (Å²) in [6.45, 7) is 4.03. The summed E-state index contributed by atoms with van der Waals surface area (Å²) in [5, 5.41) is 8.48. The molecule has 1 saturated heterocycles. The van der Waals surface area contributed by atoms with Crippen molar-refractivity contribution in [2.24, 2.45) is 0 Å². The van der Waals surface area contributed by atoms with Gasteiger partial charge in [0.2, 0.25) is 5.95 Å². The van der Waals surface area contributed by atoms with Crippen LogP contribution in [0.3, 0.4) is 0 Å². The zero-order valence-corrected chi connectivity index (χ0v) is 17.6. The lowest BCUT2D eigenvalue weighted by Gasteiger charge is -2.33. The Morgan fingerprint density at radius 1 is 1.03 bits per heavy atom. The maximum atomic E-state index is 4.67. The van der Waals surface area contributed by atoms with Crippen LogP contribution in [0, 0.1) is 0 Å². The molecule has 6 rings (SSSR count). The number of likely N-dealkylation sites (N-methyl/N-ethyl adjacent to an activating group) is 1. The van der Waals surface area contributed by atoms with Gasteiger partial charge in [-0.05, 0) is 25.2 Å². The molecule has 0 radical (unpaired) electrons. The van der Waals surface area contributed by atoms with E-state index in [1.165, 1.54) is 0 Å². The van der Waals surface area contributed by atoms with Crippen LogP contribution in [0.2, 0.25) is 0 Å². The van der Waals surface area contributed by atoms with Crippen molar-refractivity contribution in [3.8, 4) is 11.1 Å². The van der Waals surface area contributed by atoms with E-state index in [9.17, 15) is 0 Å². The third-order valence-electron chi connectivity index (χ3n) is 5.85. The van der Waals surface area contributed by atoms with Crippen molar-refractivity contribution in [1.82, 2.24) is 39.4 Å². The van der Waals surface area contributed by atoms with Crippen LogP contribution in [-0.2, 0) is 0 Å². The van der Waals surface area contributed by atoms with Gasteiger partial charge in [-0.3, -0.25) is 0 Å². The standard InChI is InChI=1S/C22H22N10/c1-30-6-8-31(9-7-30)20-10-16(4-5-23-20)28-22-25-12-18-17(11-24-21(18)29-22)15-2-3-19-26-14-27-32(19)13-15/h2-5,10-14H,6-9H2,1H3,(H2,23,24,25,28,29). The van der Waals surface area contributed by atoms with E-state index in [1.807, 2.05) is 49.1 Å². The fourth-order valence-electron chi connectivity index (χ4n) is 4.02. The van der Waals surface area contributed by atoms with Crippen molar-refractivity contribution in [3.63, 3.8) is 0 Å². The lowest BCUT2D eigenvalue weighted by molar-refractivity contribution is 0.312. The molecule has 0 atom stereocenters. The van der Waals surface area contributed by atoms with E-state index in [-0.39, 0.29) is 0 Å². The summed E-state index contributed by atoms with van der Waals surface area (Å²) in [6, 6.07) is 7.95. The summed E-state index contributed by atoms with van der Waals surface area (Å²) in [4.78, 5) is 25.8. The minimum absolute atomic E-state index is 0.535. The van der Waals surface area contributed by atoms with Crippen LogP contribution in [0.1, 0.15) is 0 Å². The Labute approximate surface area is 184 Å². The van der Waals surface area contributed by atoms with Gasteiger partial charge in [0.15, 0.2) is 5.65 Å². The molecule has 2 N–H and O–H groups in total. The molecule has 6 heterocycles. The number of aromatic amines is 1. The molecule has 0 spiro atoms. The van der Waals surface area contributed by atoms with Gasteiger partial charge in [0.25, 0.3) is 0 Å². The highest BCUT2D eigenvalue weighted by Gasteiger charge is 2.16. The second-order valence-electron chi connectivity index (χ2n) is 7.96. The quantitative estimate of drug-likeness (QED) is 0.452. The largest absolute Gasteiger partial charge is 0.354 e. The highest BCUT2D eigenvalue weighted by Crippen LogP contribution is 2.28. The molecular weight excluding hydrogens is 404 g/mol. The second kappa shape index (κ2) is 7.57. The Balaban J connectivity index is 1.26. The average molecular weight is 426 g/mol. The van der Waals surface area contributed by atoms with Crippen molar-refractivity contribution >= 4 is 34.1 Å². The lowest BCUT2D eigenvalue weighted by Crippen LogP contribution is -2.44. The van der Waals surface area contributed by atoms with Crippen molar-refractivity contribution in [1.29, 1.82) is 0 Å². The fraction of sp³-hybridized carbons (Fsp3) is 0.227. The van der Waals surface area contributed by atoms with Crippen molar-refractivity contribution in [3.05, 3.63) is 55.4 Å². The van der Waals surface area contributed by atoms with Gasteiger partial charge >= 0.3 is 0 Å². The minimum atomic E-state index is 0.535. The average Bonchev–Trinajstić information content (AvgIpc) is 3.46. The van der Waals surface area contributed by atoms with E-state index in [0.29, 0.717) is 5.95 Å². The molecule has 0 amide bonds. The summed E-state index contributed by atoms with van der Waals surface area (Å²) >= 11 is 0. The van der Waals surface area contributed by atoms with Crippen LogP contribution < -0.4 is 10.2 Å². The van der Waals surface area contributed by atoms with Gasteiger partial charge in [0, 0.05) is 79.2 Å². The molecule has 0 aromatic carbocycles. The number of rotatable bonds is 4. The van der Waals surface area contributed by atoms with Crippen LogP contribution in [0.15, 0.2) is 55.4 Å². The Morgan fingerprint density at radius 3 is 2.84 bits per heavy atom. The number of H-pyrrole nitrogens is 1. The zero-order valence-electron chi connectivity index (χ0n) is 17.6. The third-order valence-corrected chi connectivity index (χ3v) is 5.85. The molecule has 0 saturated carbocycles. The Bertz CT molecular complexity index is 1400. The molecule has 0 bridgehead atoms. The first kappa shape index (κ1) is 18.7. The fourth-order valence-corrected chi connectivity index (χ4v) is 4.02. The van der Waals surface area contributed by atoms with Crippen LogP contribution in [0.25, 0.3) is 27.8 Å². The number of anilines is 3. The highest BCUT2D eigenvalue weighted by atomic mass is 15.3. The summed E-state index contributed by atoms with van der Waals surface area (Å²) in [6.07, 6.45) is 9.10. The van der Waals surface area contributed by atoms with E-state index >= 15 is 0 Å². The van der Waals surface area contributed by atoms with Crippen molar-refractivity contribution in [2.45, 2.75) is 0 Å². The molecule has 1 aliphatic heterocycles. The maximum Gasteiger partial charge on any atom is 0.229 e. The Hall–Kier alpha value is -4.05. The molecule has 0 aliphatic carbocycles. The SMILES string of the molecule is CN1CCN(c2cc(Nc3ncc4c(-c5ccc6ncnn6c5)c[nH]c4n3)ccn2)CC1. The predicted molar refractivity (Wildman–Crippen MR) is 123 cm³/mol. The second-order valence-corrected chi connectivity index (χ2v) is 7.96. The van der Waals surface area contributed by atoms with E-state index in [0.717, 1.165) is 65.5 Å². The van der Waals surface area contributed by atoms with Crippen LogP contribution in [-0.4, -0.2) is 72.7 Å². The normalized spacial score (nSPS) is 15.0. The Morgan fingerprint density at radius 2 is 1.94 bits per heavy atom. The van der Waals surface area contributed by atoms with Crippen LogP contribution in [0.4, 0.5) is 17.5 Å². The van der Waals surface area contributed by atoms with Crippen molar-refractivity contribution < 1.29 is 0 Å². The van der Waals surface area contributed by atoms with Gasteiger partial charge in [0.1, 0.15) is 17.8 Å². The summed E-state index contributed by atoms with van der Waals surface area (Å²) < 4.78 is 1.76. The molecule has 0 unspecified atom stereocenters. The van der Waals surface area contributed by atoms with Gasteiger partial charge in [-0.15, -0.1) is 0 Å². The number of nitrogens with zero attached hydrogens (tertiary/aromatic N) is 8. The van der Waals surface area contributed by atoms with Gasteiger partial charge in [-0.1, -0.05) is 0 Å². The van der Waals surface area contributed by atoms with Gasteiger partial charge < -0.3 is 20.1 Å². The first-order valence-corrected chi connectivity index (χ1v) is 10.5. The predicted octanol–water partition coefficient (Wildman–Crippen LogP) is 2.56. The van der Waals surface area contributed by atoms with Gasteiger partial charge in [0.05, 0.1) is 0 Å². The lowest BCUT2D eigenvalue weighted by atomic mass is 10.1. The number of piperazine rings is 1. The van der Waals surface area contributed by atoms with Gasteiger partial charge in [-0.2, -0.15) is 10.1 Å². The molecule has 32 heavy (non-hydrogen) atoms. The molecule has 1 aliphatic rings. The molecule has 160 valence electrons. The molecular formula is C22H22N10. The number of nitrogens with one attached hydrogen (secondary N) is 2. The van der Waals surface area contributed by atoms with Gasteiger partial charge in [-0.25, -0.2) is 19.5 Å². The highest BCUT2D eigenvalue weighted by molar-refractivity contribution is 5.93. The topological polar surface area (TPSA) is 103 Å². The smallest absolute Gasteiger partial charge is 0.229 e. The number of aromatic nitrogens is 7. The third kappa shape index (κ3) is 3.40.